The predicted molar refractivity (Wildman–Crippen MR) is 110 cm³/mol. The monoisotopic (exact) mass is 443 g/mol. The largest absolute Gasteiger partial charge is 0.493 e. The molecule has 1 aromatic heterocycles. The molecule has 9 heteroatoms. The fourth-order valence-corrected chi connectivity index (χ4v) is 3.50. The summed E-state index contributed by atoms with van der Waals surface area (Å²) in [7, 11) is 0. The lowest BCUT2D eigenvalue weighted by molar-refractivity contribution is -0.134. The first kappa shape index (κ1) is 21.7. The molecule has 1 aliphatic rings. The van der Waals surface area contributed by atoms with Crippen LogP contribution in [-0.2, 0) is 11.2 Å². The molecule has 0 radical (unpaired) electrons. The van der Waals surface area contributed by atoms with Crippen molar-refractivity contribution < 1.29 is 27.6 Å². The van der Waals surface area contributed by atoms with Gasteiger partial charge in [0.2, 0.25) is 5.89 Å². The van der Waals surface area contributed by atoms with Gasteiger partial charge in [-0.3, -0.25) is 4.79 Å². The lowest BCUT2D eigenvalue weighted by atomic mass is 9.98. The quantitative estimate of drug-likeness (QED) is 0.528. The Morgan fingerprint density at radius 2 is 1.69 bits per heavy atom. The molecule has 1 aliphatic heterocycles. The average molecular weight is 443 g/mol. The van der Waals surface area contributed by atoms with E-state index < -0.39 is 0 Å². The molecule has 1 unspecified atom stereocenters. The Labute approximate surface area is 183 Å². The molecular formula is C23H23F2N3O4. The van der Waals surface area contributed by atoms with E-state index in [9.17, 15) is 13.6 Å². The van der Waals surface area contributed by atoms with Crippen molar-refractivity contribution in [2.75, 3.05) is 26.3 Å². The van der Waals surface area contributed by atoms with E-state index in [4.69, 9.17) is 14.0 Å². The van der Waals surface area contributed by atoms with Crippen LogP contribution in [0.1, 0.15) is 30.5 Å². The molecule has 4 rings (SSSR count). The van der Waals surface area contributed by atoms with Crippen LogP contribution in [0.2, 0.25) is 0 Å². The minimum atomic E-state index is -0.358. The van der Waals surface area contributed by atoms with Crippen molar-refractivity contribution in [2.24, 2.45) is 0 Å². The molecule has 1 amide bonds. The van der Waals surface area contributed by atoms with E-state index in [0.717, 1.165) is 12.8 Å². The summed E-state index contributed by atoms with van der Waals surface area (Å²) in [4.78, 5) is 18.7. The van der Waals surface area contributed by atoms with Gasteiger partial charge in [0.1, 0.15) is 23.1 Å². The van der Waals surface area contributed by atoms with E-state index in [1.54, 1.807) is 17.0 Å². The molecule has 0 spiro atoms. The highest BCUT2D eigenvalue weighted by molar-refractivity contribution is 5.78. The van der Waals surface area contributed by atoms with Crippen molar-refractivity contribution in [3.63, 3.8) is 0 Å². The minimum absolute atomic E-state index is 0.0437. The molecule has 0 saturated carbocycles. The zero-order chi connectivity index (χ0) is 22.3. The third-order valence-electron chi connectivity index (χ3n) is 5.19. The molecule has 32 heavy (non-hydrogen) atoms. The molecule has 1 fully saturated rings. The van der Waals surface area contributed by atoms with Crippen LogP contribution in [-0.4, -0.2) is 47.3 Å². The fraction of sp³-hybridized carbons (Fsp3) is 0.348. The van der Waals surface area contributed by atoms with Crippen LogP contribution >= 0.6 is 0 Å². The van der Waals surface area contributed by atoms with Gasteiger partial charge in [-0.1, -0.05) is 5.16 Å². The second-order valence-corrected chi connectivity index (χ2v) is 7.52. The summed E-state index contributed by atoms with van der Waals surface area (Å²) in [5.74, 6) is 1.16. The Balaban J connectivity index is 1.25. The van der Waals surface area contributed by atoms with Crippen LogP contribution in [0.3, 0.4) is 0 Å². The second kappa shape index (κ2) is 10.2. The minimum Gasteiger partial charge on any atom is -0.493 e. The zero-order valence-corrected chi connectivity index (χ0v) is 17.4. The standard InChI is InChI=1S/C23H23F2N3O4/c24-17-3-7-19(8-4-17)30-13-11-21-26-23(32-27-21)16-2-1-12-28(14-16)22(29)15-31-20-9-5-18(25)6-10-20/h3-10,16H,1-2,11-15H2. The lowest BCUT2D eigenvalue weighted by Crippen LogP contribution is -2.41. The number of likely N-dealkylation sites (tertiary alicyclic amines) is 1. The Kier molecular flexibility index (Phi) is 6.94. The number of ether oxygens (including phenoxy) is 2. The first-order valence-electron chi connectivity index (χ1n) is 10.4. The molecule has 0 bridgehead atoms. The molecular weight excluding hydrogens is 420 g/mol. The molecule has 2 heterocycles. The topological polar surface area (TPSA) is 77.7 Å². The number of hydrogen-bond acceptors (Lipinski definition) is 6. The number of hydrogen-bond donors (Lipinski definition) is 0. The first-order chi connectivity index (χ1) is 15.6. The Morgan fingerprint density at radius 3 is 2.38 bits per heavy atom. The second-order valence-electron chi connectivity index (χ2n) is 7.52. The molecule has 0 N–H and O–H groups in total. The zero-order valence-electron chi connectivity index (χ0n) is 17.4. The maximum Gasteiger partial charge on any atom is 0.260 e. The molecule has 0 aliphatic carbocycles. The Hall–Kier alpha value is -3.49. The lowest BCUT2D eigenvalue weighted by Gasteiger charge is -2.30. The summed E-state index contributed by atoms with van der Waals surface area (Å²) < 4.78 is 42.4. The predicted octanol–water partition coefficient (Wildman–Crippen LogP) is 3.75. The average Bonchev–Trinajstić information content (AvgIpc) is 3.29. The first-order valence-corrected chi connectivity index (χ1v) is 10.4. The van der Waals surface area contributed by atoms with Crippen molar-refractivity contribution in [1.82, 2.24) is 15.0 Å². The summed E-state index contributed by atoms with van der Waals surface area (Å²) in [5, 5.41) is 4.00. The molecule has 1 atom stereocenters. The summed E-state index contributed by atoms with van der Waals surface area (Å²) in [6.45, 7) is 1.32. The molecule has 1 saturated heterocycles. The van der Waals surface area contributed by atoms with Crippen molar-refractivity contribution in [1.29, 1.82) is 0 Å². The van der Waals surface area contributed by atoms with Gasteiger partial charge in [0, 0.05) is 19.5 Å². The smallest absolute Gasteiger partial charge is 0.260 e. The van der Waals surface area contributed by atoms with Crippen molar-refractivity contribution in [2.45, 2.75) is 25.2 Å². The van der Waals surface area contributed by atoms with Gasteiger partial charge in [-0.2, -0.15) is 4.98 Å². The number of carbonyl (C=O) groups is 1. The van der Waals surface area contributed by atoms with E-state index in [1.165, 1.54) is 36.4 Å². The number of nitrogens with zero attached hydrogens (tertiary/aromatic N) is 3. The highest BCUT2D eigenvalue weighted by Gasteiger charge is 2.28. The van der Waals surface area contributed by atoms with Crippen LogP contribution in [0.25, 0.3) is 0 Å². The van der Waals surface area contributed by atoms with E-state index in [0.29, 0.717) is 49.3 Å². The van der Waals surface area contributed by atoms with Gasteiger partial charge < -0.3 is 18.9 Å². The molecule has 2 aromatic carbocycles. The maximum atomic E-state index is 13.0. The van der Waals surface area contributed by atoms with Crippen molar-refractivity contribution in [3.05, 3.63) is 71.9 Å². The van der Waals surface area contributed by atoms with Crippen LogP contribution in [0, 0.1) is 11.6 Å². The summed E-state index contributed by atoms with van der Waals surface area (Å²) in [5.41, 5.74) is 0. The van der Waals surface area contributed by atoms with Crippen LogP contribution in [0.4, 0.5) is 8.78 Å². The third-order valence-corrected chi connectivity index (χ3v) is 5.19. The van der Waals surface area contributed by atoms with E-state index in [1.807, 2.05) is 0 Å². The van der Waals surface area contributed by atoms with Gasteiger partial charge in [-0.05, 0) is 61.4 Å². The SMILES string of the molecule is O=C(COc1ccc(F)cc1)N1CCCC(c2nc(CCOc3ccc(F)cc3)no2)C1. The molecule has 3 aromatic rings. The van der Waals surface area contributed by atoms with E-state index in [2.05, 4.69) is 10.1 Å². The van der Waals surface area contributed by atoms with Gasteiger partial charge in [0.15, 0.2) is 12.4 Å². The van der Waals surface area contributed by atoms with Crippen LogP contribution in [0.5, 0.6) is 11.5 Å². The van der Waals surface area contributed by atoms with Crippen LogP contribution in [0.15, 0.2) is 53.1 Å². The number of amides is 1. The van der Waals surface area contributed by atoms with Gasteiger partial charge in [0.05, 0.1) is 12.5 Å². The number of benzene rings is 2. The summed E-state index contributed by atoms with van der Waals surface area (Å²) in [6.07, 6.45) is 2.11. The number of piperidine rings is 1. The summed E-state index contributed by atoms with van der Waals surface area (Å²) in [6, 6.07) is 11.3. The van der Waals surface area contributed by atoms with Gasteiger partial charge >= 0.3 is 0 Å². The molecule has 168 valence electrons. The normalized spacial score (nSPS) is 16.1. The summed E-state index contributed by atoms with van der Waals surface area (Å²) >= 11 is 0. The highest BCUT2D eigenvalue weighted by atomic mass is 19.1. The van der Waals surface area contributed by atoms with E-state index in [-0.39, 0.29) is 30.1 Å². The number of carbonyl (C=O) groups excluding carboxylic acids is 1. The number of halogens is 2. The van der Waals surface area contributed by atoms with E-state index >= 15 is 0 Å². The van der Waals surface area contributed by atoms with Crippen molar-refractivity contribution in [3.8, 4) is 11.5 Å². The van der Waals surface area contributed by atoms with Gasteiger partial charge in [-0.25, -0.2) is 8.78 Å². The maximum absolute atomic E-state index is 13.0. The Bertz CT molecular complexity index is 1020. The van der Waals surface area contributed by atoms with Crippen LogP contribution < -0.4 is 9.47 Å². The fourth-order valence-electron chi connectivity index (χ4n) is 3.50. The number of aromatic nitrogens is 2. The van der Waals surface area contributed by atoms with Gasteiger partial charge in [-0.15, -0.1) is 0 Å². The third kappa shape index (κ3) is 5.81. The highest BCUT2D eigenvalue weighted by Crippen LogP contribution is 2.26. The number of rotatable bonds is 8. The van der Waals surface area contributed by atoms with Gasteiger partial charge in [0.25, 0.3) is 5.91 Å². The Morgan fingerprint density at radius 1 is 1.03 bits per heavy atom. The van der Waals surface area contributed by atoms with Crippen molar-refractivity contribution >= 4 is 5.91 Å². The molecule has 7 nitrogen and oxygen atoms in total.